The summed E-state index contributed by atoms with van der Waals surface area (Å²) < 4.78 is 0. The van der Waals surface area contributed by atoms with Crippen molar-refractivity contribution in [3.05, 3.63) is 59.4 Å². The number of halogens is 1. The van der Waals surface area contributed by atoms with Crippen LogP contribution in [0, 0.1) is 13.8 Å². The van der Waals surface area contributed by atoms with Gasteiger partial charge in [-0.05, 0) is 55.7 Å². The molecule has 1 unspecified atom stereocenters. The van der Waals surface area contributed by atoms with Gasteiger partial charge in [-0.25, -0.2) is 0 Å². The second-order valence-corrected chi connectivity index (χ2v) is 7.18. The van der Waals surface area contributed by atoms with Gasteiger partial charge in [-0.15, -0.1) is 24.0 Å². The predicted molar refractivity (Wildman–Crippen MR) is 130 cm³/mol. The van der Waals surface area contributed by atoms with Crippen LogP contribution in [0.5, 0.6) is 0 Å². The largest absolute Gasteiger partial charge is 0.386 e. The quantitative estimate of drug-likeness (QED) is 0.369. The topological polar surface area (TPSA) is 64.0 Å². The SMILES string of the molecule is CCNC(=NCC(O)c1ccncc1)N1CCN(c2cccc(C)c2C)CC1.I. The molecule has 0 amide bonds. The first kappa shape index (κ1) is 23.4. The molecule has 1 aliphatic heterocycles. The Kier molecular flexibility index (Phi) is 9.16. The minimum Gasteiger partial charge on any atom is -0.386 e. The van der Waals surface area contributed by atoms with Crippen LogP contribution in [0.4, 0.5) is 5.69 Å². The number of aryl methyl sites for hydroxylation is 1. The van der Waals surface area contributed by atoms with Gasteiger partial charge in [-0.2, -0.15) is 0 Å². The number of piperazine rings is 1. The van der Waals surface area contributed by atoms with Gasteiger partial charge in [-0.1, -0.05) is 12.1 Å². The van der Waals surface area contributed by atoms with E-state index in [2.05, 4.69) is 64.1 Å². The van der Waals surface area contributed by atoms with E-state index >= 15 is 0 Å². The number of hydrogen-bond acceptors (Lipinski definition) is 4. The molecule has 2 heterocycles. The lowest BCUT2D eigenvalue weighted by Gasteiger charge is -2.38. The summed E-state index contributed by atoms with van der Waals surface area (Å²) in [6.45, 7) is 11.3. The van der Waals surface area contributed by atoms with E-state index in [0.717, 1.165) is 44.2 Å². The lowest BCUT2D eigenvalue weighted by atomic mass is 10.1. The fraction of sp³-hybridized carbons (Fsp3) is 0.455. The molecule has 1 aliphatic rings. The zero-order chi connectivity index (χ0) is 19.9. The number of benzene rings is 1. The van der Waals surface area contributed by atoms with Crippen LogP contribution < -0.4 is 10.2 Å². The van der Waals surface area contributed by atoms with Gasteiger partial charge in [0, 0.05) is 50.8 Å². The van der Waals surface area contributed by atoms with Crippen LogP contribution in [0.25, 0.3) is 0 Å². The number of aliphatic hydroxyl groups is 1. The highest BCUT2D eigenvalue weighted by atomic mass is 127. The molecule has 1 atom stereocenters. The molecule has 3 rings (SSSR count). The Morgan fingerprint density at radius 2 is 1.83 bits per heavy atom. The van der Waals surface area contributed by atoms with Crippen LogP contribution in [0.3, 0.4) is 0 Å². The maximum absolute atomic E-state index is 10.4. The molecule has 0 aliphatic carbocycles. The van der Waals surface area contributed by atoms with Gasteiger partial charge in [-0.3, -0.25) is 9.98 Å². The third-order valence-electron chi connectivity index (χ3n) is 5.34. The molecule has 2 aromatic rings. The molecule has 0 spiro atoms. The Morgan fingerprint density at radius 3 is 2.48 bits per heavy atom. The average molecular weight is 509 g/mol. The van der Waals surface area contributed by atoms with E-state index in [4.69, 9.17) is 0 Å². The second kappa shape index (κ2) is 11.3. The van der Waals surface area contributed by atoms with Crippen molar-refractivity contribution in [2.45, 2.75) is 26.9 Å². The first-order valence-corrected chi connectivity index (χ1v) is 10.0. The van der Waals surface area contributed by atoms with E-state index < -0.39 is 6.10 Å². The molecule has 2 N–H and O–H groups in total. The summed E-state index contributed by atoms with van der Waals surface area (Å²) in [5.74, 6) is 0.872. The molecule has 7 heteroatoms. The van der Waals surface area contributed by atoms with Gasteiger partial charge in [0.05, 0.1) is 12.6 Å². The normalized spacial score (nSPS) is 15.7. The Balaban J connectivity index is 0.00000300. The maximum atomic E-state index is 10.4. The van der Waals surface area contributed by atoms with Crippen molar-refractivity contribution < 1.29 is 5.11 Å². The molecule has 1 aromatic heterocycles. The van der Waals surface area contributed by atoms with Gasteiger partial charge in [0.25, 0.3) is 0 Å². The highest BCUT2D eigenvalue weighted by Gasteiger charge is 2.21. The second-order valence-electron chi connectivity index (χ2n) is 7.18. The van der Waals surface area contributed by atoms with Crippen molar-refractivity contribution in [1.82, 2.24) is 15.2 Å². The van der Waals surface area contributed by atoms with Crippen LogP contribution in [0.1, 0.15) is 29.7 Å². The number of nitrogens with one attached hydrogen (secondary N) is 1. The molecule has 0 saturated carbocycles. The minimum atomic E-state index is -0.618. The summed E-state index contributed by atoms with van der Waals surface area (Å²) in [6.07, 6.45) is 2.77. The Morgan fingerprint density at radius 1 is 1.14 bits per heavy atom. The summed E-state index contributed by atoms with van der Waals surface area (Å²) in [6, 6.07) is 10.2. The van der Waals surface area contributed by atoms with E-state index in [0.29, 0.717) is 6.54 Å². The number of aliphatic hydroxyl groups excluding tert-OH is 1. The average Bonchev–Trinajstić information content (AvgIpc) is 2.74. The number of anilines is 1. The Labute approximate surface area is 191 Å². The van der Waals surface area contributed by atoms with Crippen LogP contribution in [-0.2, 0) is 0 Å². The Hall–Kier alpha value is -1.87. The summed E-state index contributed by atoms with van der Waals surface area (Å²) in [4.78, 5) is 13.4. The Bertz CT molecular complexity index is 791. The number of aromatic nitrogens is 1. The molecule has 0 radical (unpaired) electrons. The van der Waals surface area contributed by atoms with E-state index in [1.165, 1.54) is 16.8 Å². The van der Waals surface area contributed by atoms with Crippen LogP contribution >= 0.6 is 24.0 Å². The summed E-state index contributed by atoms with van der Waals surface area (Å²) in [7, 11) is 0. The number of hydrogen-bond donors (Lipinski definition) is 2. The minimum absolute atomic E-state index is 0. The summed E-state index contributed by atoms with van der Waals surface area (Å²) >= 11 is 0. The van der Waals surface area contributed by atoms with Gasteiger partial charge in [0.2, 0.25) is 0 Å². The van der Waals surface area contributed by atoms with Crippen molar-refractivity contribution in [2.75, 3.05) is 44.2 Å². The number of aliphatic imine (C=N–C) groups is 1. The van der Waals surface area contributed by atoms with Gasteiger partial charge in [0.15, 0.2) is 5.96 Å². The zero-order valence-corrected chi connectivity index (χ0v) is 19.8. The summed E-state index contributed by atoms with van der Waals surface area (Å²) in [5.41, 5.74) is 4.86. The lowest BCUT2D eigenvalue weighted by molar-refractivity contribution is 0.186. The standard InChI is InChI=1S/C22H31N5O.HI/c1-4-24-22(25-16-21(28)19-8-10-23-11-9-19)27-14-12-26(13-15-27)20-7-5-6-17(2)18(20)3;/h5-11,21,28H,4,12-16H2,1-3H3,(H,24,25);1H. The van der Waals surface area contributed by atoms with Crippen molar-refractivity contribution in [2.24, 2.45) is 4.99 Å². The maximum Gasteiger partial charge on any atom is 0.194 e. The molecule has 0 bridgehead atoms. The van der Waals surface area contributed by atoms with Crippen molar-refractivity contribution in [1.29, 1.82) is 0 Å². The van der Waals surface area contributed by atoms with Crippen LogP contribution in [0.2, 0.25) is 0 Å². The highest BCUT2D eigenvalue weighted by molar-refractivity contribution is 14.0. The van der Waals surface area contributed by atoms with E-state index in [-0.39, 0.29) is 24.0 Å². The fourth-order valence-corrected chi connectivity index (χ4v) is 3.53. The number of pyridine rings is 1. The van der Waals surface area contributed by atoms with E-state index in [9.17, 15) is 5.11 Å². The fourth-order valence-electron chi connectivity index (χ4n) is 3.53. The van der Waals surface area contributed by atoms with E-state index in [1.54, 1.807) is 12.4 Å². The monoisotopic (exact) mass is 509 g/mol. The van der Waals surface area contributed by atoms with Crippen LogP contribution in [0.15, 0.2) is 47.7 Å². The highest BCUT2D eigenvalue weighted by Crippen LogP contribution is 2.24. The number of guanidine groups is 1. The molecule has 1 fully saturated rings. The van der Waals surface area contributed by atoms with Crippen molar-refractivity contribution in [3.8, 4) is 0 Å². The first-order valence-electron chi connectivity index (χ1n) is 10.0. The molecule has 29 heavy (non-hydrogen) atoms. The first-order chi connectivity index (χ1) is 13.6. The molecule has 1 saturated heterocycles. The lowest BCUT2D eigenvalue weighted by Crippen LogP contribution is -2.52. The van der Waals surface area contributed by atoms with Crippen LogP contribution in [-0.4, -0.2) is 60.2 Å². The van der Waals surface area contributed by atoms with Gasteiger partial charge < -0.3 is 20.2 Å². The smallest absolute Gasteiger partial charge is 0.194 e. The third kappa shape index (κ3) is 6.05. The number of nitrogens with zero attached hydrogens (tertiary/aromatic N) is 4. The van der Waals surface area contributed by atoms with E-state index in [1.807, 2.05) is 12.1 Å². The molecular weight excluding hydrogens is 477 g/mol. The summed E-state index contributed by atoms with van der Waals surface area (Å²) in [5, 5.41) is 13.8. The molecule has 1 aromatic carbocycles. The van der Waals surface area contributed by atoms with Crippen molar-refractivity contribution in [3.63, 3.8) is 0 Å². The predicted octanol–water partition coefficient (Wildman–Crippen LogP) is 3.14. The number of rotatable bonds is 5. The zero-order valence-electron chi connectivity index (χ0n) is 17.5. The van der Waals surface area contributed by atoms with Crippen molar-refractivity contribution >= 4 is 35.6 Å². The van der Waals surface area contributed by atoms with Gasteiger partial charge in [0.1, 0.15) is 0 Å². The third-order valence-corrected chi connectivity index (χ3v) is 5.34. The molecule has 6 nitrogen and oxygen atoms in total. The van der Waals surface area contributed by atoms with Gasteiger partial charge >= 0.3 is 0 Å². The molecular formula is C22H32IN5O. The molecule has 158 valence electrons.